The lowest BCUT2D eigenvalue weighted by atomic mass is 10.1. The Bertz CT molecular complexity index is 788. The number of benzene rings is 1. The smallest absolute Gasteiger partial charge is 0.191 e. The first-order chi connectivity index (χ1) is 13.0. The predicted octanol–water partition coefficient (Wildman–Crippen LogP) is 3.41. The van der Waals surface area contributed by atoms with Crippen molar-refractivity contribution in [1.82, 2.24) is 10.6 Å². The Kier molecular flexibility index (Phi) is 8.81. The number of rotatable bonds is 10. The van der Waals surface area contributed by atoms with Crippen molar-refractivity contribution in [3.63, 3.8) is 0 Å². The molecule has 27 heavy (non-hydrogen) atoms. The van der Waals surface area contributed by atoms with Gasteiger partial charge in [-0.3, -0.25) is 4.99 Å². The van der Waals surface area contributed by atoms with Gasteiger partial charge >= 0.3 is 0 Å². The molecule has 0 radical (unpaired) electrons. The van der Waals surface area contributed by atoms with Gasteiger partial charge in [-0.1, -0.05) is 43.3 Å². The third-order valence-electron chi connectivity index (χ3n) is 4.05. The highest BCUT2D eigenvalue weighted by atomic mass is 32.2. The second-order valence-electron chi connectivity index (χ2n) is 6.49. The Labute approximate surface area is 166 Å². The van der Waals surface area contributed by atoms with Gasteiger partial charge in [0.1, 0.15) is 0 Å². The standard InChI is InChI=1S/C20H29N3O2S2/c1-3-21-20(23-15-17(2)19-11-7-13-26-19)22-12-8-14-27(24,25)16-18-9-5-4-6-10-18/h4-7,9-11,13,17H,3,8,12,14-16H2,1-2H3,(H2,21,22,23). The Hall–Kier alpha value is -1.86. The van der Waals surface area contributed by atoms with Crippen molar-refractivity contribution >= 4 is 27.1 Å². The number of sulfone groups is 1. The van der Waals surface area contributed by atoms with E-state index in [1.54, 1.807) is 11.3 Å². The largest absolute Gasteiger partial charge is 0.357 e. The molecule has 0 spiro atoms. The summed E-state index contributed by atoms with van der Waals surface area (Å²) in [6.45, 7) is 6.22. The number of nitrogens with zero attached hydrogens (tertiary/aromatic N) is 1. The Morgan fingerprint density at radius 2 is 1.93 bits per heavy atom. The summed E-state index contributed by atoms with van der Waals surface area (Å²) in [5.41, 5.74) is 0.836. The molecule has 1 aromatic heterocycles. The second-order valence-corrected chi connectivity index (χ2v) is 9.66. The molecule has 0 saturated carbocycles. The molecule has 0 saturated heterocycles. The molecule has 2 N–H and O–H groups in total. The molecule has 2 rings (SSSR count). The molecule has 0 fully saturated rings. The van der Waals surface area contributed by atoms with Gasteiger partial charge in [-0.25, -0.2) is 8.42 Å². The van der Waals surface area contributed by atoms with Gasteiger partial charge in [0.15, 0.2) is 15.8 Å². The monoisotopic (exact) mass is 407 g/mol. The van der Waals surface area contributed by atoms with Crippen molar-refractivity contribution in [2.45, 2.75) is 31.9 Å². The van der Waals surface area contributed by atoms with Crippen LogP contribution in [0.3, 0.4) is 0 Å². The molecule has 1 atom stereocenters. The van der Waals surface area contributed by atoms with E-state index in [-0.39, 0.29) is 11.5 Å². The third-order valence-corrected chi connectivity index (χ3v) is 6.84. The summed E-state index contributed by atoms with van der Waals surface area (Å²) in [6, 6.07) is 13.5. The summed E-state index contributed by atoms with van der Waals surface area (Å²) in [7, 11) is -3.10. The third kappa shape index (κ3) is 8.13. The normalized spacial score (nSPS) is 13.3. The van der Waals surface area contributed by atoms with Crippen LogP contribution in [0.4, 0.5) is 0 Å². The lowest BCUT2D eigenvalue weighted by Gasteiger charge is -2.13. The quantitative estimate of drug-likeness (QED) is 0.360. The molecule has 0 aliphatic carbocycles. The fraction of sp³-hybridized carbons (Fsp3) is 0.450. The van der Waals surface area contributed by atoms with E-state index in [1.165, 1.54) is 4.88 Å². The fourth-order valence-electron chi connectivity index (χ4n) is 2.63. The molecule has 7 heteroatoms. The summed E-state index contributed by atoms with van der Waals surface area (Å²) < 4.78 is 24.5. The average Bonchev–Trinajstić information content (AvgIpc) is 3.18. The summed E-state index contributed by atoms with van der Waals surface area (Å²) in [5.74, 6) is 1.37. The maximum absolute atomic E-state index is 12.2. The second kappa shape index (κ2) is 11.1. The van der Waals surface area contributed by atoms with E-state index in [0.717, 1.165) is 18.1 Å². The minimum Gasteiger partial charge on any atom is -0.357 e. The van der Waals surface area contributed by atoms with Crippen molar-refractivity contribution < 1.29 is 8.42 Å². The van der Waals surface area contributed by atoms with Gasteiger partial charge in [0, 0.05) is 23.9 Å². The van der Waals surface area contributed by atoms with Crippen molar-refractivity contribution in [3.8, 4) is 0 Å². The molecule has 0 amide bonds. The predicted molar refractivity (Wildman–Crippen MR) is 115 cm³/mol. The maximum Gasteiger partial charge on any atom is 0.191 e. The van der Waals surface area contributed by atoms with Crippen LogP contribution in [0.25, 0.3) is 0 Å². The number of hydrogen-bond donors (Lipinski definition) is 2. The fourth-order valence-corrected chi connectivity index (χ4v) is 4.84. The first-order valence-corrected chi connectivity index (χ1v) is 12.0. The minimum atomic E-state index is -3.10. The molecule has 5 nitrogen and oxygen atoms in total. The van der Waals surface area contributed by atoms with Gasteiger partial charge in [-0.15, -0.1) is 11.3 Å². The van der Waals surface area contributed by atoms with Crippen molar-refractivity contribution in [2.24, 2.45) is 4.99 Å². The molecular formula is C20H29N3O2S2. The SMILES string of the molecule is CCNC(=NCC(C)c1cccs1)NCCCS(=O)(=O)Cc1ccccc1. The highest BCUT2D eigenvalue weighted by Crippen LogP contribution is 2.20. The Morgan fingerprint density at radius 3 is 2.59 bits per heavy atom. The van der Waals surface area contributed by atoms with Crippen LogP contribution in [0.2, 0.25) is 0 Å². The van der Waals surface area contributed by atoms with Gasteiger partial charge in [-0.2, -0.15) is 0 Å². The number of aliphatic imine (C=N–C) groups is 1. The number of guanidine groups is 1. The van der Waals surface area contributed by atoms with Crippen molar-refractivity contribution in [3.05, 3.63) is 58.3 Å². The van der Waals surface area contributed by atoms with E-state index in [4.69, 9.17) is 0 Å². The highest BCUT2D eigenvalue weighted by molar-refractivity contribution is 7.90. The van der Waals surface area contributed by atoms with Gasteiger partial charge in [0.2, 0.25) is 0 Å². The van der Waals surface area contributed by atoms with Crippen LogP contribution in [0.15, 0.2) is 52.8 Å². The first kappa shape index (κ1) is 21.4. The zero-order valence-corrected chi connectivity index (χ0v) is 17.7. The van der Waals surface area contributed by atoms with Crippen LogP contribution < -0.4 is 10.6 Å². The van der Waals surface area contributed by atoms with Crippen molar-refractivity contribution in [1.29, 1.82) is 0 Å². The van der Waals surface area contributed by atoms with E-state index >= 15 is 0 Å². The molecular weight excluding hydrogens is 378 g/mol. The highest BCUT2D eigenvalue weighted by Gasteiger charge is 2.12. The average molecular weight is 408 g/mol. The van der Waals surface area contributed by atoms with Crippen LogP contribution in [-0.4, -0.2) is 39.8 Å². The van der Waals surface area contributed by atoms with Crippen LogP contribution >= 0.6 is 11.3 Å². The summed E-state index contributed by atoms with van der Waals surface area (Å²) in [5, 5.41) is 8.53. The molecule has 1 unspecified atom stereocenters. The van der Waals surface area contributed by atoms with Crippen LogP contribution in [0, 0.1) is 0 Å². The van der Waals surface area contributed by atoms with Gasteiger partial charge < -0.3 is 10.6 Å². The van der Waals surface area contributed by atoms with E-state index in [9.17, 15) is 8.42 Å². The molecule has 0 bridgehead atoms. The Morgan fingerprint density at radius 1 is 1.15 bits per heavy atom. The molecule has 0 aliphatic heterocycles. The van der Waals surface area contributed by atoms with Gasteiger partial charge in [-0.05, 0) is 30.4 Å². The first-order valence-electron chi connectivity index (χ1n) is 9.30. The number of hydrogen-bond acceptors (Lipinski definition) is 4. The van der Waals surface area contributed by atoms with E-state index in [2.05, 4.69) is 40.1 Å². The molecule has 1 heterocycles. The minimum absolute atomic E-state index is 0.0975. The Balaban J connectivity index is 1.77. The summed E-state index contributed by atoms with van der Waals surface area (Å²) in [4.78, 5) is 5.94. The van der Waals surface area contributed by atoms with Crippen LogP contribution in [-0.2, 0) is 15.6 Å². The number of nitrogens with one attached hydrogen (secondary N) is 2. The van der Waals surface area contributed by atoms with Gasteiger partial charge in [0.05, 0.1) is 18.1 Å². The summed E-state index contributed by atoms with van der Waals surface area (Å²) in [6.07, 6.45) is 0.556. The molecule has 1 aromatic carbocycles. The molecule has 2 aromatic rings. The molecule has 0 aliphatic rings. The summed E-state index contributed by atoms with van der Waals surface area (Å²) >= 11 is 1.74. The van der Waals surface area contributed by atoms with Crippen LogP contribution in [0.5, 0.6) is 0 Å². The van der Waals surface area contributed by atoms with Crippen LogP contribution in [0.1, 0.15) is 36.6 Å². The molecule has 148 valence electrons. The van der Waals surface area contributed by atoms with E-state index in [0.29, 0.717) is 25.4 Å². The number of thiophene rings is 1. The van der Waals surface area contributed by atoms with Gasteiger partial charge in [0.25, 0.3) is 0 Å². The zero-order chi connectivity index (χ0) is 19.5. The lowest BCUT2D eigenvalue weighted by molar-refractivity contribution is 0.591. The van der Waals surface area contributed by atoms with E-state index in [1.807, 2.05) is 37.3 Å². The topological polar surface area (TPSA) is 70.6 Å². The lowest BCUT2D eigenvalue weighted by Crippen LogP contribution is -2.38. The van der Waals surface area contributed by atoms with E-state index < -0.39 is 9.84 Å². The zero-order valence-electron chi connectivity index (χ0n) is 16.0. The maximum atomic E-state index is 12.2. The van der Waals surface area contributed by atoms with Crippen molar-refractivity contribution in [2.75, 3.05) is 25.4 Å².